The van der Waals surface area contributed by atoms with Crippen molar-refractivity contribution in [3.05, 3.63) is 57.5 Å². The van der Waals surface area contributed by atoms with Crippen LogP contribution in [0.3, 0.4) is 0 Å². The zero-order chi connectivity index (χ0) is 20.3. The van der Waals surface area contributed by atoms with Gasteiger partial charge in [-0.2, -0.15) is 0 Å². The second-order valence-corrected chi connectivity index (χ2v) is 7.48. The second kappa shape index (κ2) is 8.35. The van der Waals surface area contributed by atoms with Gasteiger partial charge in [0, 0.05) is 18.4 Å². The van der Waals surface area contributed by atoms with Crippen LogP contribution in [0.4, 0.5) is 0 Å². The van der Waals surface area contributed by atoms with Gasteiger partial charge in [0.15, 0.2) is 11.7 Å². The number of hydrogen-bond donors (Lipinski definition) is 2. The largest absolute Gasteiger partial charge is 0.477 e. The van der Waals surface area contributed by atoms with Gasteiger partial charge >= 0.3 is 5.97 Å². The lowest BCUT2D eigenvalue weighted by atomic mass is 10.1. The lowest BCUT2D eigenvalue weighted by Crippen LogP contribution is -2.26. The minimum Gasteiger partial charge on any atom is -0.477 e. The van der Waals surface area contributed by atoms with E-state index in [9.17, 15) is 9.59 Å². The molecule has 0 fully saturated rings. The molecule has 8 heteroatoms. The van der Waals surface area contributed by atoms with Crippen molar-refractivity contribution in [3.8, 4) is 11.3 Å². The third-order valence-corrected chi connectivity index (χ3v) is 5.53. The molecule has 2 N–H and O–H groups in total. The van der Waals surface area contributed by atoms with E-state index in [1.54, 1.807) is 13.8 Å². The lowest BCUT2D eigenvalue weighted by Gasteiger charge is -2.10. The van der Waals surface area contributed by atoms with Crippen LogP contribution in [0.2, 0.25) is 0 Å². The minimum atomic E-state index is -1.01. The predicted molar refractivity (Wildman–Crippen MR) is 105 cm³/mol. The van der Waals surface area contributed by atoms with Crippen LogP contribution >= 0.6 is 11.3 Å². The lowest BCUT2D eigenvalue weighted by molar-refractivity contribution is -0.121. The van der Waals surface area contributed by atoms with Crippen molar-refractivity contribution in [1.82, 2.24) is 15.3 Å². The molecule has 1 unspecified atom stereocenters. The Morgan fingerprint density at radius 3 is 2.54 bits per heavy atom. The number of aromatic carboxylic acids is 1. The van der Waals surface area contributed by atoms with E-state index in [0.717, 1.165) is 22.6 Å². The number of nitrogens with one attached hydrogen (secondary N) is 1. The van der Waals surface area contributed by atoms with Crippen LogP contribution in [0, 0.1) is 13.8 Å². The summed E-state index contributed by atoms with van der Waals surface area (Å²) in [4.78, 5) is 32.3. The maximum Gasteiger partial charge on any atom is 0.347 e. The van der Waals surface area contributed by atoms with Crippen molar-refractivity contribution >= 4 is 23.2 Å². The van der Waals surface area contributed by atoms with Crippen LogP contribution in [0.25, 0.3) is 11.3 Å². The highest BCUT2D eigenvalue weighted by atomic mass is 32.1. The Hall–Kier alpha value is -3.00. The van der Waals surface area contributed by atoms with Crippen LogP contribution in [0.1, 0.15) is 51.3 Å². The standard InChI is InChI=1S/C20H21N3O4S/c1-11-17(14-7-5-4-6-8-14)27-16(22-11)10-9-15(24)21-13(3)19-23-12(2)18(28-19)20(25)26/h4-8,13H,9-10H2,1-3H3,(H,21,24)(H,25,26). The SMILES string of the molecule is Cc1nc(CCC(=O)NC(C)c2nc(C)c(C(=O)O)s2)oc1-c1ccccc1. The van der Waals surface area contributed by atoms with Crippen molar-refractivity contribution in [3.63, 3.8) is 0 Å². The average molecular weight is 399 g/mol. The first-order chi connectivity index (χ1) is 13.3. The summed E-state index contributed by atoms with van der Waals surface area (Å²) in [7, 11) is 0. The number of carboxylic acid groups (broad SMARTS) is 1. The highest BCUT2D eigenvalue weighted by Crippen LogP contribution is 2.25. The van der Waals surface area contributed by atoms with Gasteiger partial charge in [0.2, 0.25) is 5.91 Å². The summed E-state index contributed by atoms with van der Waals surface area (Å²) < 4.78 is 5.82. The van der Waals surface area contributed by atoms with Crippen molar-refractivity contribution in [2.45, 2.75) is 39.7 Å². The van der Waals surface area contributed by atoms with Gasteiger partial charge in [0.25, 0.3) is 0 Å². The molecule has 0 spiro atoms. The molecule has 2 heterocycles. The molecule has 1 atom stereocenters. The Morgan fingerprint density at radius 1 is 1.18 bits per heavy atom. The average Bonchev–Trinajstić information content (AvgIpc) is 3.23. The zero-order valence-corrected chi connectivity index (χ0v) is 16.7. The normalized spacial score (nSPS) is 12.0. The number of thiazole rings is 1. The van der Waals surface area contributed by atoms with Crippen LogP contribution < -0.4 is 5.32 Å². The summed E-state index contributed by atoms with van der Waals surface area (Å²) in [5, 5.41) is 12.5. The van der Waals surface area contributed by atoms with Gasteiger partial charge in [-0.1, -0.05) is 30.3 Å². The second-order valence-electron chi connectivity index (χ2n) is 6.45. The molecular weight excluding hydrogens is 378 g/mol. The van der Waals surface area contributed by atoms with Crippen molar-refractivity contribution < 1.29 is 19.1 Å². The molecule has 1 amide bonds. The number of oxazole rings is 1. The van der Waals surface area contributed by atoms with Gasteiger partial charge in [0.1, 0.15) is 9.88 Å². The number of amides is 1. The summed E-state index contributed by atoms with van der Waals surface area (Å²) in [5.41, 5.74) is 2.19. The van der Waals surface area contributed by atoms with E-state index >= 15 is 0 Å². The number of benzene rings is 1. The molecule has 0 bridgehead atoms. The van der Waals surface area contributed by atoms with Gasteiger partial charge in [-0.25, -0.2) is 14.8 Å². The van der Waals surface area contributed by atoms with Crippen LogP contribution in [-0.2, 0) is 11.2 Å². The van der Waals surface area contributed by atoms with Gasteiger partial charge in [-0.05, 0) is 20.8 Å². The molecule has 3 rings (SSSR count). The highest BCUT2D eigenvalue weighted by Gasteiger charge is 2.19. The number of hydrogen-bond acceptors (Lipinski definition) is 6. The summed E-state index contributed by atoms with van der Waals surface area (Å²) in [6.45, 7) is 5.31. The fourth-order valence-electron chi connectivity index (χ4n) is 2.81. The molecule has 0 saturated heterocycles. The molecule has 2 aromatic heterocycles. The number of carboxylic acids is 1. The fourth-order valence-corrected chi connectivity index (χ4v) is 3.72. The number of nitrogens with zero attached hydrogens (tertiary/aromatic N) is 2. The summed E-state index contributed by atoms with van der Waals surface area (Å²) in [5.74, 6) is 0.0452. The molecule has 146 valence electrons. The molecule has 1 aromatic carbocycles. The minimum absolute atomic E-state index is 0.172. The Bertz CT molecular complexity index is 994. The number of aryl methyl sites for hydroxylation is 3. The van der Waals surface area contributed by atoms with Crippen molar-refractivity contribution in [2.24, 2.45) is 0 Å². The van der Waals surface area contributed by atoms with Crippen LogP contribution in [-0.4, -0.2) is 27.0 Å². The monoisotopic (exact) mass is 399 g/mol. The predicted octanol–water partition coefficient (Wildman–Crippen LogP) is 3.92. The smallest absolute Gasteiger partial charge is 0.347 e. The number of carbonyl (C=O) groups is 2. The Morgan fingerprint density at radius 2 is 1.89 bits per heavy atom. The molecule has 0 saturated carbocycles. The Kier molecular flexibility index (Phi) is 5.89. The first-order valence-corrected chi connectivity index (χ1v) is 9.68. The molecule has 0 aliphatic carbocycles. The first-order valence-electron chi connectivity index (χ1n) is 8.87. The van der Waals surface area contributed by atoms with Gasteiger partial charge in [-0.15, -0.1) is 11.3 Å². The van der Waals surface area contributed by atoms with Gasteiger partial charge in [-0.3, -0.25) is 4.79 Å². The maximum atomic E-state index is 12.3. The van der Waals surface area contributed by atoms with Gasteiger partial charge in [0.05, 0.1) is 17.4 Å². The van der Waals surface area contributed by atoms with E-state index < -0.39 is 5.97 Å². The van der Waals surface area contributed by atoms with Crippen molar-refractivity contribution in [1.29, 1.82) is 0 Å². The van der Waals surface area contributed by atoms with Crippen LogP contribution in [0.5, 0.6) is 0 Å². The molecule has 3 aromatic rings. The van der Waals surface area contributed by atoms with Gasteiger partial charge < -0.3 is 14.8 Å². The molecule has 0 radical (unpaired) electrons. The number of rotatable bonds is 7. The molecule has 0 aliphatic rings. The molecule has 7 nitrogen and oxygen atoms in total. The fraction of sp³-hybridized carbons (Fsp3) is 0.300. The maximum absolute atomic E-state index is 12.3. The zero-order valence-electron chi connectivity index (χ0n) is 15.9. The Labute approximate surface area is 166 Å². The number of aromatic nitrogens is 2. The topological polar surface area (TPSA) is 105 Å². The Balaban J connectivity index is 1.59. The highest BCUT2D eigenvalue weighted by molar-refractivity contribution is 7.13. The van der Waals surface area contributed by atoms with E-state index in [1.807, 2.05) is 37.3 Å². The van der Waals surface area contributed by atoms with E-state index in [4.69, 9.17) is 9.52 Å². The van der Waals surface area contributed by atoms with E-state index in [2.05, 4.69) is 15.3 Å². The molecular formula is C20H21N3O4S. The van der Waals surface area contributed by atoms with E-state index in [-0.39, 0.29) is 23.2 Å². The van der Waals surface area contributed by atoms with E-state index in [1.165, 1.54) is 0 Å². The molecule has 0 aliphatic heterocycles. The third-order valence-electron chi connectivity index (χ3n) is 4.20. The molecule has 28 heavy (non-hydrogen) atoms. The van der Waals surface area contributed by atoms with Crippen LogP contribution in [0.15, 0.2) is 34.7 Å². The summed E-state index contributed by atoms with van der Waals surface area (Å²) >= 11 is 1.08. The van der Waals surface area contributed by atoms with Crippen molar-refractivity contribution in [2.75, 3.05) is 0 Å². The van der Waals surface area contributed by atoms with E-state index in [0.29, 0.717) is 28.8 Å². The summed E-state index contributed by atoms with van der Waals surface area (Å²) in [6, 6.07) is 9.34. The third kappa shape index (κ3) is 4.45. The number of carbonyl (C=O) groups excluding carboxylic acids is 1. The quantitative estimate of drug-likeness (QED) is 0.624. The summed E-state index contributed by atoms with van der Waals surface area (Å²) in [6.07, 6.45) is 0.595. The first kappa shape index (κ1) is 19.8.